The van der Waals surface area contributed by atoms with Crippen LogP contribution in [0.25, 0.3) is 0 Å². The Hall–Kier alpha value is -1.33. The van der Waals surface area contributed by atoms with Crippen molar-refractivity contribution in [1.82, 2.24) is 0 Å². The predicted octanol–water partition coefficient (Wildman–Crippen LogP) is 1.28. The highest BCUT2D eigenvalue weighted by Crippen LogP contribution is 2.42. The van der Waals surface area contributed by atoms with Crippen molar-refractivity contribution < 1.29 is 24.1 Å². The van der Waals surface area contributed by atoms with Gasteiger partial charge >= 0.3 is 5.97 Å². The summed E-state index contributed by atoms with van der Waals surface area (Å²) in [6.07, 6.45) is 4.56. The number of rotatable bonds is 2. The maximum atomic E-state index is 11.7. The number of hydrogen-bond donors (Lipinski definition) is 1. The fourth-order valence-corrected chi connectivity index (χ4v) is 2.18. The van der Waals surface area contributed by atoms with Gasteiger partial charge < -0.3 is 19.3 Å². The monoisotopic (exact) mass is 254 g/mol. The number of ether oxygens (including phenoxy) is 3. The van der Waals surface area contributed by atoms with Crippen molar-refractivity contribution in [2.45, 2.75) is 38.1 Å². The smallest absolute Gasteiger partial charge is 0.340 e. The maximum Gasteiger partial charge on any atom is 0.340 e. The summed E-state index contributed by atoms with van der Waals surface area (Å²) in [7, 11) is 1.32. The van der Waals surface area contributed by atoms with Crippen LogP contribution in [0.3, 0.4) is 0 Å². The number of esters is 1. The van der Waals surface area contributed by atoms with E-state index < -0.39 is 17.4 Å². The van der Waals surface area contributed by atoms with E-state index >= 15 is 0 Å². The molecule has 100 valence electrons. The molecule has 2 aliphatic rings. The summed E-state index contributed by atoms with van der Waals surface area (Å²) in [5.41, 5.74) is -0.657. The van der Waals surface area contributed by atoms with Gasteiger partial charge in [-0.25, -0.2) is 4.79 Å². The average molecular weight is 254 g/mol. The Balaban J connectivity index is 2.34. The molecule has 18 heavy (non-hydrogen) atoms. The largest absolute Gasteiger partial charge is 0.465 e. The molecule has 1 spiro atoms. The van der Waals surface area contributed by atoms with Gasteiger partial charge in [-0.1, -0.05) is 0 Å². The summed E-state index contributed by atoms with van der Waals surface area (Å²) in [6, 6.07) is 0. The molecule has 2 heterocycles. The zero-order valence-electron chi connectivity index (χ0n) is 10.9. The lowest BCUT2D eigenvalue weighted by molar-refractivity contribution is -0.161. The lowest BCUT2D eigenvalue weighted by Gasteiger charge is -2.25. The minimum absolute atomic E-state index is 0.359. The van der Waals surface area contributed by atoms with Gasteiger partial charge in [0.15, 0.2) is 0 Å². The molecule has 1 fully saturated rings. The van der Waals surface area contributed by atoms with Crippen molar-refractivity contribution in [2.75, 3.05) is 13.7 Å². The van der Waals surface area contributed by atoms with E-state index in [1.807, 2.05) is 0 Å². The molecule has 1 unspecified atom stereocenters. The molecule has 5 heteroatoms. The number of allylic oxidation sites excluding steroid dienone is 1. The van der Waals surface area contributed by atoms with E-state index in [1.165, 1.54) is 7.11 Å². The minimum Gasteiger partial charge on any atom is -0.465 e. The van der Waals surface area contributed by atoms with Crippen LogP contribution in [0.15, 0.2) is 23.5 Å². The fourth-order valence-electron chi connectivity index (χ4n) is 2.18. The van der Waals surface area contributed by atoms with Crippen LogP contribution in [0.2, 0.25) is 0 Å². The molecule has 0 amide bonds. The number of carbonyl (C=O) groups excluding carboxylic acids is 1. The second kappa shape index (κ2) is 4.40. The second-order valence-corrected chi connectivity index (χ2v) is 5.06. The van der Waals surface area contributed by atoms with Crippen molar-refractivity contribution in [3.8, 4) is 0 Å². The Morgan fingerprint density at radius 1 is 1.61 bits per heavy atom. The van der Waals surface area contributed by atoms with Crippen LogP contribution in [0.4, 0.5) is 0 Å². The maximum absolute atomic E-state index is 11.7. The molecule has 0 bridgehead atoms. The van der Waals surface area contributed by atoms with Crippen molar-refractivity contribution in [3.63, 3.8) is 0 Å². The molecule has 0 aromatic carbocycles. The summed E-state index contributed by atoms with van der Waals surface area (Å²) < 4.78 is 16.0. The SMILES string of the molecule is COC(=O)C1=C/C(=C/C(C)(C)O)OC12CCCO2. The lowest BCUT2D eigenvalue weighted by Crippen LogP contribution is -2.33. The van der Waals surface area contributed by atoms with Crippen LogP contribution in [-0.4, -0.2) is 36.2 Å². The standard InChI is InChI=1S/C13H18O5/c1-12(2,15)8-9-7-10(11(14)16-3)13(18-9)5-4-6-17-13/h7-8,15H,4-6H2,1-3H3/b9-8-. The van der Waals surface area contributed by atoms with E-state index in [4.69, 9.17) is 14.2 Å². The van der Waals surface area contributed by atoms with Crippen molar-refractivity contribution >= 4 is 5.97 Å². The van der Waals surface area contributed by atoms with Gasteiger partial charge in [-0.15, -0.1) is 0 Å². The van der Waals surface area contributed by atoms with Crippen LogP contribution < -0.4 is 0 Å². The summed E-state index contributed by atoms with van der Waals surface area (Å²) in [6.45, 7) is 3.81. The van der Waals surface area contributed by atoms with Gasteiger partial charge in [-0.3, -0.25) is 0 Å². The second-order valence-electron chi connectivity index (χ2n) is 5.06. The van der Waals surface area contributed by atoms with Crippen LogP contribution in [0.1, 0.15) is 26.7 Å². The highest BCUT2D eigenvalue weighted by molar-refractivity contribution is 5.91. The fraction of sp³-hybridized carbons (Fsp3) is 0.615. The predicted molar refractivity (Wildman–Crippen MR) is 63.5 cm³/mol. The molecule has 0 saturated carbocycles. The highest BCUT2D eigenvalue weighted by atomic mass is 16.7. The van der Waals surface area contributed by atoms with Gasteiger partial charge in [-0.2, -0.15) is 0 Å². The normalized spacial score (nSPS) is 29.6. The summed E-state index contributed by atoms with van der Waals surface area (Å²) in [4.78, 5) is 11.7. The molecule has 0 aliphatic carbocycles. The van der Waals surface area contributed by atoms with E-state index in [9.17, 15) is 9.90 Å². The quantitative estimate of drug-likeness (QED) is 0.752. The summed E-state index contributed by atoms with van der Waals surface area (Å²) in [5.74, 6) is -1.05. The zero-order valence-corrected chi connectivity index (χ0v) is 10.9. The number of carbonyl (C=O) groups is 1. The first-order valence-corrected chi connectivity index (χ1v) is 5.95. The number of methoxy groups -OCH3 is 1. The Bertz CT molecular complexity index is 408. The van der Waals surface area contributed by atoms with Crippen LogP contribution in [-0.2, 0) is 19.0 Å². The molecule has 2 rings (SSSR count). The van der Waals surface area contributed by atoms with Gasteiger partial charge in [0, 0.05) is 6.42 Å². The van der Waals surface area contributed by atoms with Crippen molar-refractivity contribution in [1.29, 1.82) is 0 Å². The first-order chi connectivity index (χ1) is 8.36. The van der Waals surface area contributed by atoms with Crippen LogP contribution >= 0.6 is 0 Å². The molecule has 0 radical (unpaired) electrons. The minimum atomic E-state index is -1.02. The molecular formula is C13H18O5. The third-order valence-corrected chi connectivity index (χ3v) is 2.87. The van der Waals surface area contributed by atoms with Gasteiger partial charge in [0.05, 0.1) is 19.3 Å². The topological polar surface area (TPSA) is 65.0 Å². The molecule has 0 aromatic rings. The van der Waals surface area contributed by atoms with Crippen molar-refractivity contribution in [2.24, 2.45) is 0 Å². The highest BCUT2D eigenvalue weighted by Gasteiger charge is 2.49. The Morgan fingerprint density at radius 3 is 2.83 bits per heavy atom. The Morgan fingerprint density at radius 2 is 2.33 bits per heavy atom. The van der Waals surface area contributed by atoms with E-state index in [1.54, 1.807) is 26.0 Å². The average Bonchev–Trinajstić information content (AvgIpc) is 2.84. The van der Waals surface area contributed by atoms with Gasteiger partial charge in [0.2, 0.25) is 5.79 Å². The Kier molecular flexibility index (Phi) is 3.21. The molecule has 1 atom stereocenters. The van der Waals surface area contributed by atoms with E-state index in [2.05, 4.69) is 0 Å². The zero-order chi connectivity index (χ0) is 13.4. The number of hydrogen-bond acceptors (Lipinski definition) is 5. The van der Waals surface area contributed by atoms with Crippen LogP contribution in [0.5, 0.6) is 0 Å². The molecule has 2 aliphatic heterocycles. The van der Waals surface area contributed by atoms with E-state index in [0.717, 1.165) is 6.42 Å². The molecular weight excluding hydrogens is 236 g/mol. The van der Waals surface area contributed by atoms with E-state index in [0.29, 0.717) is 24.4 Å². The van der Waals surface area contributed by atoms with Gasteiger partial charge in [0.25, 0.3) is 0 Å². The van der Waals surface area contributed by atoms with Crippen molar-refractivity contribution in [3.05, 3.63) is 23.5 Å². The molecule has 1 saturated heterocycles. The number of aliphatic hydroxyl groups is 1. The summed E-state index contributed by atoms with van der Waals surface area (Å²) in [5, 5.41) is 9.75. The lowest BCUT2D eigenvalue weighted by atomic mass is 10.0. The summed E-state index contributed by atoms with van der Waals surface area (Å²) >= 11 is 0. The van der Waals surface area contributed by atoms with Gasteiger partial charge in [-0.05, 0) is 32.4 Å². The van der Waals surface area contributed by atoms with Gasteiger partial charge in [0.1, 0.15) is 11.3 Å². The van der Waals surface area contributed by atoms with E-state index in [-0.39, 0.29) is 0 Å². The molecule has 0 aromatic heterocycles. The first kappa shape index (κ1) is 13.1. The van der Waals surface area contributed by atoms with Crippen LogP contribution in [0, 0.1) is 0 Å². The third kappa shape index (κ3) is 2.42. The third-order valence-electron chi connectivity index (χ3n) is 2.87. The molecule has 5 nitrogen and oxygen atoms in total. The first-order valence-electron chi connectivity index (χ1n) is 5.95. The Labute approximate surface area is 106 Å². The molecule has 1 N–H and O–H groups in total.